The Kier molecular flexibility index (Phi) is 7.99. The minimum absolute atomic E-state index is 0.146. The molecule has 198 valence electrons. The fraction of sp³-hybridized carbons (Fsp3) is 0.321. The average Bonchev–Trinajstić information content (AvgIpc) is 3.24. The molecular weight excluding hydrogens is 511 g/mol. The summed E-state index contributed by atoms with van der Waals surface area (Å²) in [7, 11) is 0. The number of nitrogens with zero attached hydrogens (tertiary/aromatic N) is 5. The topological polar surface area (TPSA) is 52.6 Å². The average molecular weight is 540 g/mol. The van der Waals surface area contributed by atoms with Gasteiger partial charge in [0.15, 0.2) is 0 Å². The highest BCUT2D eigenvalue weighted by Gasteiger charge is 2.38. The van der Waals surface area contributed by atoms with Crippen LogP contribution in [0.2, 0.25) is 0 Å². The molecule has 2 saturated heterocycles. The highest BCUT2D eigenvalue weighted by atomic mass is 32.2. The molecule has 0 spiro atoms. The SMILES string of the molecule is O=C1/C(=C/c2ccccc2)SC(c2cccc(C(F)(F)F)c2)N1CCCN1CCN(c2ncccn2)CC1. The van der Waals surface area contributed by atoms with E-state index in [4.69, 9.17) is 0 Å². The molecular formula is C28H28F3N5OS. The molecule has 1 atom stereocenters. The third-order valence-corrected chi connectivity index (χ3v) is 7.97. The molecule has 1 amide bonds. The number of carbonyl (C=O) groups excluding carboxylic acids is 1. The van der Waals surface area contributed by atoms with Gasteiger partial charge in [-0.05, 0) is 48.4 Å². The van der Waals surface area contributed by atoms with Gasteiger partial charge in [-0.1, -0.05) is 54.2 Å². The first-order chi connectivity index (χ1) is 18.4. The Bertz CT molecular complexity index is 1260. The Morgan fingerprint density at radius 3 is 2.37 bits per heavy atom. The van der Waals surface area contributed by atoms with Crippen molar-refractivity contribution < 1.29 is 18.0 Å². The van der Waals surface area contributed by atoms with Crippen LogP contribution < -0.4 is 4.90 Å². The Labute approximate surface area is 224 Å². The Morgan fingerprint density at radius 2 is 1.66 bits per heavy atom. The van der Waals surface area contributed by atoms with Gasteiger partial charge in [0, 0.05) is 45.1 Å². The molecule has 38 heavy (non-hydrogen) atoms. The third-order valence-electron chi connectivity index (χ3n) is 6.67. The molecule has 3 aromatic rings. The molecule has 10 heteroatoms. The third kappa shape index (κ3) is 6.19. The summed E-state index contributed by atoms with van der Waals surface area (Å²) in [4.78, 5) is 28.8. The first-order valence-electron chi connectivity index (χ1n) is 12.5. The molecule has 2 fully saturated rings. The lowest BCUT2D eigenvalue weighted by Crippen LogP contribution is -2.47. The van der Waals surface area contributed by atoms with E-state index in [1.807, 2.05) is 36.4 Å². The number of anilines is 1. The molecule has 0 aliphatic carbocycles. The van der Waals surface area contributed by atoms with Crippen molar-refractivity contribution in [1.29, 1.82) is 0 Å². The van der Waals surface area contributed by atoms with E-state index in [-0.39, 0.29) is 5.91 Å². The second kappa shape index (κ2) is 11.6. The molecule has 3 heterocycles. The van der Waals surface area contributed by atoms with Gasteiger partial charge < -0.3 is 9.80 Å². The van der Waals surface area contributed by atoms with Gasteiger partial charge in [0.05, 0.1) is 10.5 Å². The first-order valence-corrected chi connectivity index (χ1v) is 13.4. The van der Waals surface area contributed by atoms with Gasteiger partial charge in [-0.3, -0.25) is 9.69 Å². The molecule has 5 rings (SSSR count). The fourth-order valence-corrected chi connectivity index (χ4v) is 5.98. The number of alkyl halides is 3. The minimum Gasteiger partial charge on any atom is -0.338 e. The summed E-state index contributed by atoms with van der Waals surface area (Å²) < 4.78 is 40.3. The predicted molar refractivity (Wildman–Crippen MR) is 143 cm³/mol. The number of amides is 1. The van der Waals surface area contributed by atoms with Crippen molar-refractivity contribution in [3.05, 3.63) is 94.7 Å². The van der Waals surface area contributed by atoms with E-state index in [0.717, 1.165) is 62.8 Å². The Morgan fingerprint density at radius 1 is 0.921 bits per heavy atom. The van der Waals surface area contributed by atoms with Crippen molar-refractivity contribution >= 4 is 29.7 Å². The van der Waals surface area contributed by atoms with Crippen LogP contribution >= 0.6 is 11.8 Å². The zero-order valence-electron chi connectivity index (χ0n) is 20.7. The van der Waals surface area contributed by atoms with Crippen LogP contribution in [0.5, 0.6) is 0 Å². The lowest BCUT2D eigenvalue weighted by atomic mass is 10.1. The van der Waals surface area contributed by atoms with E-state index in [9.17, 15) is 18.0 Å². The largest absolute Gasteiger partial charge is 0.416 e. The number of aromatic nitrogens is 2. The van der Waals surface area contributed by atoms with Gasteiger partial charge in [-0.2, -0.15) is 13.2 Å². The molecule has 1 aromatic heterocycles. The van der Waals surface area contributed by atoms with Gasteiger partial charge >= 0.3 is 6.18 Å². The lowest BCUT2D eigenvalue weighted by molar-refractivity contribution is -0.137. The molecule has 0 saturated carbocycles. The normalized spacial score (nSPS) is 19.9. The molecule has 0 N–H and O–H groups in total. The zero-order valence-corrected chi connectivity index (χ0v) is 21.5. The van der Waals surface area contributed by atoms with Crippen molar-refractivity contribution in [3.63, 3.8) is 0 Å². The highest BCUT2D eigenvalue weighted by molar-refractivity contribution is 8.04. The van der Waals surface area contributed by atoms with Gasteiger partial charge in [0.25, 0.3) is 5.91 Å². The summed E-state index contributed by atoms with van der Waals surface area (Å²) >= 11 is 1.31. The van der Waals surface area contributed by atoms with Gasteiger partial charge in [-0.25, -0.2) is 9.97 Å². The summed E-state index contributed by atoms with van der Waals surface area (Å²) in [6.45, 7) is 4.61. The number of hydrogen-bond acceptors (Lipinski definition) is 6. The number of carbonyl (C=O) groups is 1. The van der Waals surface area contributed by atoms with Crippen LogP contribution in [0.25, 0.3) is 6.08 Å². The number of halogens is 3. The van der Waals surface area contributed by atoms with Crippen LogP contribution in [0.15, 0.2) is 78.0 Å². The molecule has 0 bridgehead atoms. The summed E-state index contributed by atoms with van der Waals surface area (Å²) in [5.74, 6) is 0.584. The van der Waals surface area contributed by atoms with Crippen LogP contribution in [-0.2, 0) is 11.0 Å². The standard InChI is InChI=1S/C28H28F3N5OS/c29-28(30,31)23-10-4-9-22(20-23)26-36(25(37)24(38-26)19-21-7-2-1-3-8-21)14-6-13-34-15-17-35(18-16-34)27-32-11-5-12-33-27/h1-5,7-12,19-20,26H,6,13-18H2/b24-19-. The van der Waals surface area contributed by atoms with Crippen molar-refractivity contribution in [3.8, 4) is 0 Å². The Hall–Kier alpha value is -3.37. The second-order valence-corrected chi connectivity index (χ2v) is 10.4. The van der Waals surface area contributed by atoms with E-state index in [0.29, 0.717) is 17.0 Å². The van der Waals surface area contributed by atoms with Crippen molar-refractivity contribution in [2.75, 3.05) is 44.2 Å². The minimum atomic E-state index is -4.44. The van der Waals surface area contributed by atoms with E-state index >= 15 is 0 Å². The highest BCUT2D eigenvalue weighted by Crippen LogP contribution is 2.47. The monoisotopic (exact) mass is 539 g/mol. The van der Waals surface area contributed by atoms with Gasteiger partial charge in [0.2, 0.25) is 5.95 Å². The molecule has 1 unspecified atom stereocenters. The fourth-order valence-electron chi connectivity index (χ4n) is 4.70. The Balaban J connectivity index is 1.27. The number of hydrogen-bond donors (Lipinski definition) is 0. The summed E-state index contributed by atoms with van der Waals surface area (Å²) in [6.07, 6.45) is 1.58. The number of thioether (sulfide) groups is 1. The summed E-state index contributed by atoms with van der Waals surface area (Å²) in [6, 6.07) is 16.6. The van der Waals surface area contributed by atoms with Gasteiger partial charge in [0.1, 0.15) is 5.37 Å². The molecule has 2 aliphatic heterocycles. The zero-order chi connectivity index (χ0) is 26.5. The van der Waals surface area contributed by atoms with E-state index in [2.05, 4.69) is 19.8 Å². The summed E-state index contributed by atoms with van der Waals surface area (Å²) in [5, 5.41) is -0.508. The quantitative estimate of drug-likeness (QED) is 0.379. The summed E-state index contributed by atoms with van der Waals surface area (Å²) in [5.41, 5.74) is 0.656. The number of benzene rings is 2. The van der Waals surface area contributed by atoms with Crippen molar-refractivity contribution in [2.24, 2.45) is 0 Å². The van der Waals surface area contributed by atoms with E-state index in [1.54, 1.807) is 29.4 Å². The van der Waals surface area contributed by atoms with E-state index in [1.165, 1.54) is 17.8 Å². The second-order valence-electron chi connectivity index (χ2n) is 9.24. The molecule has 2 aliphatic rings. The van der Waals surface area contributed by atoms with Crippen molar-refractivity contribution in [1.82, 2.24) is 19.8 Å². The predicted octanol–water partition coefficient (Wildman–Crippen LogP) is 5.32. The maximum atomic E-state index is 13.4. The maximum absolute atomic E-state index is 13.4. The molecule has 0 radical (unpaired) electrons. The lowest BCUT2D eigenvalue weighted by Gasteiger charge is -2.35. The number of piperazine rings is 1. The van der Waals surface area contributed by atoms with E-state index < -0.39 is 17.1 Å². The van der Waals surface area contributed by atoms with Crippen LogP contribution in [0.3, 0.4) is 0 Å². The smallest absolute Gasteiger partial charge is 0.338 e. The molecule has 2 aromatic carbocycles. The molecule has 6 nitrogen and oxygen atoms in total. The first kappa shape index (κ1) is 26.2. The van der Waals surface area contributed by atoms with Crippen LogP contribution in [0, 0.1) is 0 Å². The van der Waals surface area contributed by atoms with Gasteiger partial charge in [-0.15, -0.1) is 0 Å². The maximum Gasteiger partial charge on any atom is 0.416 e. The van der Waals surface area contributed by atoms with Crippen molar-refractivity contribution in [2.45, 2.75) is 18.0 Å². The van der Waals surface area contributed by atoms with Crippen LogP contribution in [0.1, 0.15) is 28.5 Å². The van der Waals surface area contributed by atoms with Crippen LogP contribution in [-0.4, -0.2) is 64.9 Å². The van der Waals surface area contributed by atoms with Crippen LogP contribution in [0.4, 0.5) is 19.1 Å². The number of rotatable bonds is 7.